The molecule has 15 nitrogen and oxygen atoms in total. The molecule has 5 unspecified atom stereocenters. The first-order chi connectivity index (χ1) is 18.8. The third-order valence-electron chi connectivity index (χ3n) is 6.09. The van der Waals surface area contributed by atoms with Crippen molar-refractivity contribution in [3.63, 3.8) is 0 Å². The molecule has 0 saturated carbocycles. The van der Waals surface area contributed by atoms with Gasteiger partial charge in [-0.25, -0.2) is 4.79 Å². The van der Waals surface area contributed by atoms with Gasteiger partial charge in [0.1, 0.15) is 18.1 Å². The number of hydrogen-bond acceptors (Lipinski definition) is 8. The number of primary amides is 1. The Labute approximate surface area is 228 Å². The SMILES string of the molecule is CC(O)C(NC(=O)C(CCC(N)=O)NC(=O)C(N)CCC(=O)O)C(=O)NC(Cc1c[nH]c2ccccc12)C(=O)O. The summed E-state index contributed by atoms with van der Waals surface area (Å²) in [6.07, 6.45) is -1.22. The van der Waals surface area contributed by atoms with Gasteiger partial charge < -0.3 is 47.7 Å². The number of carboxylic acid groups (broad SMARTS) is 2. The molecule has 0 aliphatic rings. The monoisotopic (exact) mass is 562 g/mol. The van der Waals surface area contributed by atoms with Crippen molar-refractivity contribution >= 4 is 46.5 Å². The third kappa shape index (κ3) is 9.36. The van der Waals surface area contributed by atoms with Crippen LogP contribution in [0.5, 0.6) is 0 Å². The molecule has 2 aromatic rings. The molecule has 2 rings (SSSR count). The Hall–Kier alpha value is -4.50. The molecule has 0 spiro atoms. The van der Waals surface area contributed by atoms with Crippen molar-refractivity contribution in [3.05, 3.63) is 36.0 Å². The molecule has 0 saturated heterocycles. The fraction of sp³-hybridized carbons (Fsp3) is 0.440. The van der Waals surface area contributed by atoms with Crippen LogP contribution in [0.3, 0.4) is 0 Å². The molecule has 5 atom stereocenters. The highest BCUT2D eigenvalue weighted by molar-refractivity contribution is 5.95. The first-order valence-corrected chi connectivity index (χ1v) is 12.4. The Bertz CT molecular complexity index is 1240. The number of fused-ring (bicyclic) bond motifs is 1. The summed E-state index contributed by atoms with van der Waals surface area (Å²) in [6.45, 7) is 1.19. The van der Waals surface area contributed by atoms with E-state index in [4.69, 9.17) is 16.6 Å². The molecule has 1 aromatic carbocycles. The number of aromatic nitrogens is 1. The normalized spacial score (nSPS) is 14.8. The van der Waals surface area contributed by atoms with Crippen LogP contribution in [-0.2, 0) is 35.2 Å². The molecule has 1 aromatic heterocycles. The van der Waals surface area contributed by atoms with Crippen molar-refractivity contribution in [2.75, 3.05) is 0 Å². The van der Waals surface area contributed by atoms with E-state index in [0.29, 0.717) is 5.56 Å². The van der Waals surface area contributed by atoms with Gasteiger partial charge in [-0.2, -0.15) is 0 Å². The Morgan fingerprint density at radius 2 is 1.55 bits per heavy atom. The molecular formula is C25H34N6O9. The van der Waals surface area contributed by atoms with Crippen molar-refractivity contribution < 1.29 is 44.1 Å². The highest BCUT2D eigenvalue weighted by atomic mass is 16.4. The number of carboxylic acids is 2. The second-order valence-corrected chi connectivity index (χ2v) is 9.29. The zero-order valence-electron chi connectivity index (χ0n) is 21.8. The number of H-pyrrole nitrogens is 1. The van der Waals surface area contributed by atoms with Crippen molar-refractivity contribution in [3.8, 4) is 0 Å². The molecule has 0 bridgehead atoms. The molecule has 0 fully saturated rings. The number of carbonyl (C=O) groups excluding carboxylic acids is 4. The number of nitrogens with two attached hydrogens (primary N) is 2. The van der Waals surface area contributed by atoms with E-state index in [-0.39, 0.29) is 25.7 Å². The van der Waals surface area contributed by atoms with E-state index in [1.54, 1.807) is 30.5 Å². The summed E-state index contributed by atoms with van der Waals surface area (Å²) < 4.78 is 0. The summed E-state index contributed by atoms with van der Waals surface area (Å²) in [4.78, 5) is 75.4. The summed E-state index contributed by atoms with van der Waals surface area (Å²) in [5, 5.41) is 36.3. The van der Waals surface area contributed by atoms with Crippen LogP contribution in [0.25, 0.3) is 10.9 Å². The molecule has 1 heterocycles. The maximum absolute atomic E-state index is 13.0. The number of benzene rings is 1. The van der Waals surface area contributed by atoms with Crippen molar-refractivity contribution in [1.82, 2.24) is 20.9 Å². The Kier molecular flexibility index (Phi) is 11.6. The van der Waals surface area contributed by atoms with Gasteiger partial charge in [0.05, 0.1) is 12.1 Å². The van der Waals surface area contributed by atoms with Gasteiger partial charge in [-0.05, 0) is 31.4 Å². The highest BCUT2D eigenvalue weighted by Crippen LogP contribution is 2.19. The van der Waals surface area contributed by atoms with Gasteiger partial charge in [0.2, 0.25) is 23.6 Å². The summed E-state index contributed by atoms with van der Waals surface area (Å²) in [5.74, 6) is -6.18. The largest absolute Gasteiger partial charge is 0.481 e. The average Bonchev–Trinajstić information content (AvgIpc) is 3.29. The van der Waals surface area contributed by atoms with E-state index in [9.17, 15) is 39.0 Å². The smallest absolute Gasteiger partial charge is 0.326 e. The van der Waals surface area contributed by atoms with E-state index < -0.39 is 72.3 Å². The fourth-order valence-corrected chi connectivity index (χ4v) is 3.89. The van der Waals surface area contributed by atoms with Crippen LogP contribution in [-0.4, -0.2) is 86.1 Å². The second-order valence-electron chi connectivity index (χ2n) is 9.29. The molecule has 0 aliphatic carbocycles. The van der Waals surface area contributed by atoms with E-state index in [1.807, 2.05) is 0 Å². The van der Waals surface area contributed by atoms with Crippen molar-refractivity contribution in [1.29, 1.82) is 0 Å². The van der Waals surface area contributed by atoms with Crippen LogP contribution in [0.15, 0.2) is 30.5 Å². The van der Waals surface area contributed by atoms with Crippen molar-refractivity contribution in [2.24, 2.45) is 11.5 Å². The minimum Gasteiger partial charge on any atom is -0.481 e. The maximum atomic E-state index is 13.0. The van der Waals surface area contributed by atoms with E-state index in [2.05, 4.69) is 20.9 Å². The number of rotatable bonds is 16. The Morgan fingerprint density at radius 1 is 0.900 bits per heavy atom. The van der Waals surface area contributed by atoms with Crippen LogP contribution in [0.2, 0.25) is 0 Å². The van der Waals surface area contributed by atoms with Crippen LogP contribution in [0.1, 0.15) is 38.2 Å². The first-order valence-electron chi connectivity index (χ1n) is 12.4. The van der Waals surface area contributed by atoms with Crippen LogP contribution >= 0.6 is 0 Å². The minimum absolute atomic E-state index is 0.100. The Balaban J connectivity index is 2.15. The van der Waals surface area contributed by atoms with Crippen LogP contribution in [0, 0.1) is 0 Å². The van der Waals surface area contributed by atoms with Crippen molar-refractivity contribution in [2.45, 2.75) is 69.3 Å². The van der Waals surface area contributed by atoms with E-state index in [1.165, 1.54) is 6.92 Å². The van der Waals surface area contributed by atoms with Gasteiger partial charge in [0.15, 0.2) is 0 Å². The number of aliphatic hydroxyl groups is 1. The van der Waals surface area contributed by atoms with Gasteiger partial charge in [0.25, 0.3) is 0 Å². The van der Waals surface area contributed by atoms with Gasteiger partial charge >= 0.3 is 11.9 Å². The van der Waals surface area contributed by atoms with Gasteiger partial charge in [-0.15, -0.1) is 0 Å². The number of amides is 4. The summed E-state index contributed by atoms with van der Waals surface area (Å²) >= 11 is 0. The topological polar surface area (TPSA) is 267 Å². The predicted octanol–water partition coefficient (Wildman–Crippen LogP) is -1.91. The highest BCUT2D eigenvalue weighted by Gasteiger charge is 2.33. The quantitative estimate of drug-likeness (QED) is 0.109. The van der Waals surface area contributed by atoms with Crippen LogP contribution < -0.4 is 27.4 Å². The molecule has 0 aliphatic heterocycles. The van der Waals surface area contributed by atoms with Gasteiger partial charge in [0, 0.05) is 36.4 Å². The minimum atomic E-state index is -1.63. The molecule has 11 N–H and O–H groups in total. The zero-order valence-corrected chi connectivity index (χ0v) is 21.8. The molecule has 218 valence electrons. The average molecular weight is 563 g/mol. The second kappa shape index (κ2) is 14.6. The van der Waals surface area contributed by atoms with Gasteiger partial charge in [-0.3, -0.25) is 24.0 Å². The zero-order chi connectivity index (χ0) is 30.0. The number of hydrogen-bond donors (Lipinski definition) is 9. The van der Waals surface area contributed by atoms with E-state index >= 15 is 0 Å². The summed E-state index contributed by atoms with van der Waals surface area (Å²) in [6, 6.07) is 1.42. The molecule has 15 heteroatoms. The number of aliphatic hydroxyl groups excluding tert-OH is 1. The lowest BCUT2D eigenvalue weighted by Crippen LogP contribution is -2.60. The first kappa shape index (κ1) is 31.7. The molecular weight excluding hydrogens is 528 g/mol. The fourth-order valence-electron chi connectivity index (χ4n) is 3.89. The number of nitrogens with one attached hydrogen (secondary N) is 4. The summed E-state index contributed by atoms with van der Waals surface area (Å²) in [7, 11) is 0. The standard InChI is InChI=1S/C25H34N6O9/c1-12(32)21(24(38)30-18(25(39)40)10-13-11-28-16-5-3-2-4-14(13)16)31-23(37)17(7-8-19(27)33)29-22(36)15(26)6-9-20(34)35/h2-5,11-12,15,17-18,21,28,32H,6-10,26H2,1H3,(H2,27,33)(H,29,36)(H,30,38)(H,31,37)(H,34,35)(H,39,40). The summed E-state index contributed by atoms with van der Waals surface area (Å²) in [5.41, 5.74) is 12.2. The lowest BCUT2D eigenvalue weighted by atomic mass is 10.0. The lowest BCUT2D eigenvalue weighted by molar-refractivity contribution is -0.143. The number of para-hydroxylation sites is 1. The molecule has 40 heavy (non-hydrogen) atoms. The third-order valence-corrected chi connectivity index (χ3v) is 6.09. The number of aliphatic carboxylic acids is 2. The Morgan fingerprint density at radius 3 is 2.15 bits per heavy atom. The molecule has 4 amide bonds. The van der Waals surface area contributed by atoms with Gasteiger partial charge in [-0.1, -0.05) is 18.2 Å². The maximum Gasteiger partial charge on any atom is 0.326 e. The number of aromatic amines is 1. The predicted molar refractivity (Wildman–Crippen MR) is 140 cm³/mol. The van der Waals surface area contributed by atoms with Crippen LogP contribution in [0.4, 0.5) is 0 Å². The number of carbonyl (C=O) groups is 6. The molecule has 0 radical (unpaired) electrons. The lowest BCUT2D eigenvalue weighted by Gasteiger charge is -2.26. The van der Waals surface area contributed by atoms with E-state index in [0.717, 1.165) is 10.9 Å².